The van der Waals surface area contributed by atoms with E-state index in [0.29, 0.717) is 46.8 Å². The first-order valence-electron chi connectivity index (χ1n) is 15.1. The standard InChI is InChI=1S/C35H34N6O5S2/c1-44-25-13-7-12-24(18-25)34(43)36-20-31-37-38-35(40(31)21-23-10-5-4-6-11-23)48-22-32(42)41-28(19-27(39-41)30-16-9-17-47-30)26-14-8-15-29(45-2)33(26)46-3/h4-18,28H,19-22H2,1-3H3,(H,36,43)/t28-/m0/s1. The Morgan fingerprint density at radius 2 is 1.77 bits per heavy atom. The van der Waals surface area contributed by atoms with Gasteiger partial charge in [0, 0.05) is 17.5 Å². The Morgan fingerprint density at radius 3 is 2.52 bits per heavy atom. The lowest BCUT2D eigenvalue weighted by molar-refractivity contribution is -0.130. The van der Waals surface area contributed by atoms with Crippen LogP contribution in [0.3, 0.4) is 0 Å². The lowest BCUT2D eigenvalue weighted by Crippen LogP contribution is -2.29. The fourth-order valence-corrected chi connectivity index (χ4v) is 6.98. The van der Waals surface area contributed by atoms with Crippen molar-refractivity contribution in [2.24, 2.45) is 5.10 Å². The third-order valence-electron chi connectivity index (χ3n) is 7.80. The number of nitrogens with zero attached hydrogens (tertiary/aromatic N) is 5. The van der Waals surface area contributed by atoms with Crippen LogP contribution in [0.1, 0.15) is 44.6 Å². The van der Waals surface area contributed by atoms with E-state index in [9.17, 15) is 9.59 Å². The largest absolute Gasteiger partial charge is 0.497 e. The van der Waals surface area contributed by atoms with E-state index >= 15 is 0 Å². The molecular weight excluding hydrogens is 649 g/mol. The van der Waals surface area contributed by atoms with Crippen molar-refractivity contribution in [3.05, 3.63) is 118 Å². The molecular formula is C35H34N6O5S2. The zero-order valence-corrected chi connectivity index (χ0v) is 28.3. The lowest BCUT2D eigenvalue weighted by Gasteiger charge is -2.24. The van der Waals surface area contributed by atoms with E-state index in [1.165, 1.54) is 11.8 Å². The Labute approximate surface area is 286 Å². The van der Waals surface area contributed by atoms with Crippen molar-refractivity contribution in [1.29, 1.82) is 0 Å². The first-order valence-corrected chi connectivity index (χ1v) is 17.0. The normalized spacial score (nSPS) is 14.0. The van der Waals surface area contributed by atoms with Crippen LogP contribution in [0.2, 0.25) is 0 Å². The number of hydrazone groups is 1. The van der Waals surface area contributed by atoms with Crippen LogP contribution in [0.25, 0.3) is 0 Å². The number of ether oxygens (including phenoxy) is 3. The quantitative estimate of drug-likeness (QED) is 0.155. The predicted molar refractivity (Wildman–Crippen MR) is 185 cm³/mol. The highest BCUT2D eigenvalue weighted by Crippen LogP contribution is 2.42. The van der Waals surface area contributed by atoms with Crippen LogP contribution in [0.4, 0.5) is 0 Å². The van der Waals surface area contributed by atoms with Crippen molar-refractivity contribution in [1.82, 2.24) is 25.1 Å². The van der Waals surface area contributed by atoms with Crippen molar-refractivity contribution in [2.75, 3.05) is 27.1 Å². The van der Waals surface area contributed by atoms with E-state index in [-0.39, 0.29) is 30.2 Å². The molecule has 0 saturated heterocycles. The number of thiophene rings is 1. The fourth-order valence-electron chi connectivity index (χ4n) is 5.45. The van der Waals surface area contributed by atoms with E-state index in [0.717, 1.165) is 21.7 Å². The Balaban J connectivity index is 1.24. The van der Waals surface area contributed by atoms with Gasteiger partial charge in [0.1, 0.15) is 5.75 Å². The minimum absolute atomic E-state index is 0.0626. The Morgan fingerprint density at radius 1 is 0.938 bits per heavy atom. The number of hydrogen-bond acceptors (Lipinski definition) is 10. The van der Waals surface area contributed by atoms with Crippen LogP contribution < -0.4 is 19.5 Å². The molecule has 6 rings (SSSR count). The number of thioether (sulfide) groups is 1. The molecule has 0 spiro atoms. The van der Waals surface area contributed by atoms with Crippen LogP contribution in [0.15, 0.2) is 101 Å². The number of carbonyl (C=O) groups is 2. The number of methoxy groups -OCH3 is 3. The van der Waals surface area contributed by atoms with Crippen LogP contribution in [0.5, 0.6) is 17.2 Å². The molecule has 246 valence electrons. The van der Waals surface area contributed by atoms with Crippen molar-refractivity contribution < 1.29 is 23.8 Å². The average Bonchev–Trinajstić information content (AvgIpc) is 3.90. The van der Waals surface area contributed by atoms with Gasteiger partial charge in [-0.3, -0.25) is 9.59 Å². The van der Waals surface area contributed by atoms with Crippen LogP contribution in [-0.4, -0.2) is 64.4 Å². The van der Waals surface area contributed by atoms with E-state index in [1.807, 2.05) is 70.6 Å². The molecule has 1 aliphatic heterocycles. The smallest absolute Gasteiger partial charge is 0.253 e. The molecule has 0 bridgehead atoms. The minimum atomic E-state index is -0.384. The van der Waals surface area contributed by atoms with Crippen molar-refractivity contribution in [2.45, 2.75) is 30.7 Å². The summed E-state index contributed by atoms with van der Waals surface area (Å²) in [4.78, 5) is 27.9. The molecule has 0 saturated carbocycles. The van der Waals surface area contributed by atoms with Gasteiger partial charge in [0.05, 0.1) is 56.8 Å². The molecule has 0 aliphatic carbocycles. The van der Waals surface area contributed by atoms with Gasteiger partial charge in [0.25, 0.3) is 11.8 Å². The third kappa shape index (κ3) is 7.21. The SMILES string of the molecule is COc1cccc(C(=O)NCc2nnc(SCC(=O)N3N=C(c4cccs4)C[C@H]3c3cccc(OC)c3OC)n2Cc2ccccc2)c1. The summed E-state index contributed by atoms with van der Waals surface area (Å²) in [5.41, 5.74) is 3.14. The summed E-state index contributed by atoms with van der Waals surface area (Å²) in [6, 6.07) is 26.1. The summed E-state index contributed by atoms with van der Waals surface area (Å²) in [6.45, 7) is 0.603. The number of rotatable bonds is 13. The number of carbonyl (C=O) groups excluding carboxylic acids is 2. The number of hydrogen-bond donors (Lipinski definition) is 1. The molecule has 0 unspecified atom stereocenters. The summed E-state index contributed by atoms with van der Waals surface area (Å²) in [5, 5.41) is 20.7. The summed E-state index contributed by atoms with van der Waals surface area (Å²) >= 11 is 2.86. The van der Waals surface area contributed by atoms with Crippen LogP contribution in [0, 0.1) is 0 Å². The number of benzene rings is 3. The average molecular weight is 683 g/mol. The Bertz CT molecular complexity index is 1910. The van der Waals surface area contributed by atoms with E-state index in [1.54, 1.807) is 61.9 Å². The fraction of sp³-hybridized carbons (Fsp3) is 0.229. The maximum absolute atomic E-state index is 14.0. The maximum atomic E-state index is 14.0. The summed E-state index contributed by atoms with van der Waals surface area (Å²) < 4.78 is 18.5. The van der Waals surface area contributed by atoms with Crippen molar-refractivity contribution >= 4 is 40.6 Å². The summed E-state index contributed by atoms with van der Waals surface area (Å²) in [7, 11) is 4.74. The second kappa shape index (κ2) is 15.2. The molecule has 3 aromatic carbocycles. The highest BCUT2D eigenvalue weighted by atomic mass is 32.2. The molecule has 13 heteroatoms. The predicted octanol–water partition coefficient (Wildman–Crippen LogP) is 5.81. The second-order valence-electron chi connectivity index (χ2n) is 10.7. The van der Waals surface area contributed by atoms with Gasteiger partial charge in [0.2, 0.25) is 0 Å². The first-order chi connectivity index (χ1) is 23.5. The minimum Gasteiger partial charge on any atom is -0.497 e. The molecule has 1 atom stereocenters. The maximum Gasteiger partial charge on any atom is 0.253 e. The highest BCUT2D eigenvalue weighted by Gasteiger charge is 2.36. The van der Waals surface area contributed by atoms with E-state index in [2.05, 4.69) is 15.5 Å². The van der Waals surface area contributed by atoms with Gasteiger partial charge in [-0.2, -0.15) is 5.10 Å². The first kappa shape index (κ1) is 32.8. The molecule has 5 aromatic rings. The number of amides is 2. The molecule has 2 aromatic heterocycles. The number of para-hydroxylation sites is 1. The van der Waals surface area contributed by atoms with Gasteiger partial charge >= 0.3 is 0 Å². The van der Waals surface area contributed by atoms with E-state index < -0.39 is 0 Å². The highest BCUT2D eigenvalue weighted by molar-refractivity contribution is 7.99. The monoisotopic (exact) mass is 682 g/mol. The van der Waals surface area contributed by atoms with Gasteiger partial charge in [-0.15, -0.1) is 21.5 Å². The number of nitrogens with one attached hydrogen (secondary N) is 1. The van der Waals surface area contributed by atoms with Crippen LogP contribution in [-0.2, 0) is 17.9 Å². The Kier molecular flexibility index (Phi) is 10.4. The molecule has 2 amide bonds. The molecule has 0 radical (unpaired) electrons. The van der Waals surface area contributed by atoms with Crippen LogP contribution >= 0.6 is 23.1 Å². The van der Waals surface area contributed by atoms with Gasteiger partial charge < -0.3 is 24.1 Å². The third-order valence-corrected chi connectivity index (χ3v) is 9.67. The lowest BCUT2D eigenvalue weighted by atomic mass is 9.99. The second-order valence-corrected chi connectivity index (χ2v) is 12.6. The van der Waals surface area contributed by atoms with Crippen molar-refractivity contribution in [3.63, 3.8) is 0 Å². The van der Waals surface area contributed by atoms with Gasteiger partial charge in [-0.25, -0.2) is 5.01 Å². The molecule has 0 fully saturated rings. The zero-order chi connectivity index (χ0) is 33.5. The topological polar surface area (TPSA) is 120 Å². The molecule has 3 heterocycles. The van der Waals surface area contributed by atoms with Crippen molar-refractivity contribution in [3.8, 4) is 17.2 Å². The summed E-state index contributed by atoms with van der Waals surface area (Å²) in [6.07, 6.45) is 0.530. The van der Waals surface area contributed by atoms with E-state index in [4.69, 9.17) is 19.3 Å². The summed E-state index contributed by atoms with van der Waals surface area (Å²) in [5.74, 6) is 1.91. The van der Waals surface area contributed by atoms with Gasteiger partial charge in [-0.1, -0.05) is 66.4 Å². The molecule has 48 heavy (non-hydrogen) atoms. The molecule has 11 nitrogen and oxygen atoms in total. The van der Waals surface area contributed by atoms with Gasteiger partial charge in [0.15, 0.2) is 22.5 Å². The molecule has 1 aliphatic rings. The Hall–Kier alpha value is -5.14. The number of aromatic nitrogens is 3. The van der Waals surface area contributed by atoms with Gasteiger partial charge in [-0.05, 0) is 41.3 Å². The zero-order valence-electron chi connectivity index (χ0n) is 26.7. The molecule has 1 N–H and O–H groups in total.